The first-order valence-corrected chi connectivity index (χ1v) is 6.87. The molecular formula is C16H23NO4. The highest BCUT2D eigenvalue weighted by Gasteiger charge is 2.23. The Morgan fingerprint density at radius 3 is 2.38 bits per heavy atom. The minimum absolute atomic E-state index is 0.191. The second-order valence-electron chi connectivity index (χ2n) is 6.16. The van der Waals surface area contributed by atoms with Crippen LogP contribution in [0.5, 0.6) is 0 Å². The van der Waals surface area contributed by atoms with Gasteiger partial charge in [-0.15, -0.1) is 0 Å². The van der Waals surface area contributed by atoms with Crippen LogP contribution in [-0.2, 0) is 9.53 Å². The minimum Gasteiger partial charge on any atom is -0.481 e. The molecule has 0 spiro atoms. The standard InChI is InChI=1S/C16H23NO4/c1-10-6-7-12(11(2)8-10)13(9-14(18)19)17-15(20)21-16(3,4)5/h6-8,13H,9H2,1-5H3,(H,17,20)(H,18,19)/t13-/m0/s1. The predicted octanol–water partition coefficient (Wildman–Crippen LogP) is 3.34. The fraction of sp³-hybridized carbons (Fsp3) is 0.500. The molecule has 0 aliphatic rings. The first-order valence-electron chi connectivity index (χ1n) is 6.87. The van der Waals surface area contributed by atoms with Crippen LogP contribution in [0.4, 0.5) is 4.79 Å². The fourth-order valence-electron chi connectivity index (χ4n) is 2.08. The van der Waals surface area contributed by atoms with Gasteiger partial charge < -0.3 is 15.2 Å². The number of hydrogen-bond acceptors (Lipinski definition) is 3. The van der Waals surface area contributed by atoms with Gasteiger partial charge in [-0.25, -0.2) is 4.79 Å². The number of aliphatic carboxylic acids is 1. The Labute approximate surface area is 125 Å². The van der Waals surface area contributed by atoms with E-state index >= 15 is 0 Å². The number of carboxylic acids is 1. The van der Waals surface area contributed by atoms with Gasteiger partial charge in [-0.2, -0.15) is 0 Å². The number of ether oxygens (including phenoxy) is 1. The maximum Gasteiger partial charge on any atom is 0.408 e. The summed E-state index contributed by atoms with van der Waals surface area (Å²) in [6.07, 6.45) is -0.808. The molecule has 21 heavy (non-hydrogen) atoms. The molecule has 5 nitrogen and oxygen atoms in total. The molecule has 0 unspecified atom stereocenters. The molecule has 1 aromatic rings. The second kappa shape index (κ2) is 6.61. The van der Waals surface area contributed by atoms with E-state index in [1.807, 2.05) is 32.0 Å². The van der Waals surface area contributed by atoms with Crippen molar-refractivity contribution in [2.24, 2.45) is 0 Å². The van der Waals surface area contributed by atoms with Gasteiger partial charge in [0.25, 0.3) is 0 Å². The first kappa shape index (κ1) is 17.0. The van der Waals surface area contributed by atoms with Crippen molar-refractivity contribution in [3.8, 4) is 0 Å². The molecule has 0 aliphatic carbocycles. The molecule has 0 radical (unpaired) electrons. The highest BCUT2D eigenvalue weighted by atomic mass is 16.6. The number of carboxylic acid groups (broad SMARTS) is 1. The van der Waals surface area contributed by atoms with Crippen molar-refractivity contribution < 1.29 is 19.4 Å². The van der Waals surface area contributed by atoms with E-state index in [1.54, 1.807) is 20.8 Å². The highest BCUT2D eigenvalue weighted by molar-refractivity contribution is 5.72. The number of rotatable bonds is 4. The molecule has 0 aromatic heterocycles. The van der Waals surface area contributed by atoms with Crippen molar-refractivity contribution in [2.75, 3.05) is 0 Å². The number of amides is 1. The monoisotopic (exact) mass is 293 g/mol. The zero-order valence-corrected chi connectivity index (χ0v) is 13.2. The van der Waals surface area contributed by atoms with Gasteiger partial charge in [-0.1, -0.05) is 23.8 Å². The Hall–Kier alpha value is -2.04. The number of benzene rings is 1. The van der Waals surface area contributed by atoms with Gasteiger partial charge in [0.05, 0.1) is 12.5 Å². The smallest absolute Gasteiger partial charge is 0.408 e. The SMILES string of the molecule is Cc1ccc([C@H](CC(=O)O)NC(=O)OC(C)(C)C)c(C)c1. The summed E-state index contributed by atoms with van der Waals surface area (Å²) in [5, 5.41) is 11.7. The summed E-state index contributed by atoms with van der Waals surface area (Å²) < 4.78 is 5.19. The van der Waals surface area contributed by atoms with Gasteiger partial charge in [0.2, 0.25) is 0 Å². The minimum atomic E-state index is -0.976. The molecule has 0 bridgehead atoms. The van der Waals surface area contributed by atoms with Crippen molar-refractivity contribution in [2.45, 2.75) is 52.7 Å². The van der Waals surface area contributed by atoms with E-state index in [9.17, 15) is 9.59 Å². The van der Waals surface area contributed by atoms with E-state index in [-0.39, 0.29) is 6.42 Å². The largest absolute Gasteiger partial charge is 0.481 e. The van der Waals surface area contributed by atoms with Crippen molar-refractivity contribution in [1.29, 1.82) is 0 Å². The van der Waals surface area contributed by atoms with Crippen LogP contribution in [0.3, 0.4) is 0 Å². The van der Waals surface area contributed by atoms with Crippen LogP contribution in [0, 0.1) is 13.8 Å². The molecule has 0 aliphatic heterocycles. The van der Waals surface area contributed by atoms with Crippen LogP contribution in [-0.4, -0.2) is 22.8 Å². The van der Waals surface area contributed by atoms with Crippen LogP contribution in [0.15, 0.2) is 18.2 Å². The summed E-state index contributed by atoms with van der Waals surface area (Å²) in [5.74, 6) is -0.976. The average Bonchev–Trinajstić information content (AvgIpc) is 2.24. The van der Waals surface area contributed by atoms with Crippen LogP contribution in [0.25, 0.3) is 0 Å². The Kier molecular flexibility index (Phi) is 5.35. The summed E-state index contributed by atoms with van der Waals surface area (Å²) in [6.45, 7) is 9.14. The van der Waals surface area contributed by atoms with Crippen molar-refractivity contribution in [3.63, 3.8) is 0 Å². The normalized spacial score (nSPS) is 12.6. The lowest BCUT2D eigenvalue weighted by molar-refractivity contribution is -0.137. The Morgan fingerprint density at radius 1 is 1.29 bits per heavy atom. The summed E-state index contributed by atoms with van der Waals surface area (Å²) in [5.41, 5.74) is 2.19. The van der Waals surface area contributed by atoms with Crippen LogP contribution < -0.4 is 5.32 Å². The zero-order chi connectivity index (χ0) is 16.2. The average molecular weight is 293 g/mol. The number of aryl methyl sites for hydroxylation is 2. The molecule has 5 heteroatoms. The molecular weight excluding hydrogens is 270 g/mol. The molecule has 0 heterocycles. The van der Waals surface area contributed by atoms with Crippen LogP contribution in [0.2, 0.25) is 0 Å². The highest BCUT2D eigenvalue weighted by Crippen LogP contribution is 2.22. The van der Waals surface area contributed by atoms with Crippen LogP contribution in [0.1, 0.15) is 49.9 Å². The van der Waals surface area contributed by atoms with E-state index in [0.29, 0.717) is 0 Å². The van der Waals surface area contributed by atoms with Gasteiger partial charge in [-0.05, 0) is 45.7 Å². The molecule has 2 N–H and O–H groups in total. The third kappa shape index (κ3) is 5.85. The van der Waals surface area contributed by atoms with Gasteiger partial charge in [0.15, 0.2) is 0 Å². The Bertz CT molecular complexity index is 532. The van der Waals surface area contributed by atoms with Crippen LogP contribution >= 0.6 is 0 Å². The molecule has 116 valence electrons. The van der Waals surface area contributed by atoms with Gasteiger partial charge in [-0.3, -0.25) is 4.79 Å². The van der Waals surface area contributed by atoms with Gasteiger partial charge in [0, 0.05) is 0 Å². The summed E-state index contributed by atoms with van der Waals surface area (Å²) in [6, 6.07) is 5.09. The van der Waals surface area contributed by atoms with Gasteiger partial charge >= 0.3 is 12.1 Å². The summed E-state index contributed by atoms with van der Waals surface area (Å²) in [7, 11) is 0. The van der Waals surface area contributed by atoms with E-state index in [2.05, 4.69) is 5.32 Å². The summed E-state index contributed by atoms with van der Waals surface area (Å²) >= 11 is 0. The van der Waals surface area contributed by atoms with E-state index < -0.39 is 23.7 Å². The number of carbonyl (C=O) groups excluding carboxylic acids is 1. The molecule has 1 aromatic carbocycles. The lowest BCUT2D eigenvalue weighted by Gasteiger charge is -2.24. The molecule has 0 saturated heterocycles. The maximum atomic E-state index is 11.9. The summed E-state index contributed by atoms with van der Waals surface area (Å²) in [4.78, 5) is 22.9. The van der Waals surface area contributed by atoms with Gasteiger partial charge in [0.1, 0.15) is 5.60 Å². The first-order chi connectivity index (χ1) is 9.58. The number of nitrogens with one attached hydrogen (secondary N) is 1. The van der Waals surface area contributed by atoms with Crippen molar-refractivity contribution in [3.05, 3.63) is 34.9 Å². The maximum absolute atomic E-state index is 11.9. The zero-order valence-electron chi connectivity index (χ0n) is 13.2. The number of alkyl carbamates (subject to hydrolysis) is 1. The molecule has 0 fully saturated rings. The predicted molar refractivity (Wildman–Crippen MR) is 80.3 cm³/mol. The topological polar surface area (TPSA) is 75.6 Å². The molecule has 1 atom stereocenters. The van der Waals surface area contributed by atoms with E-state index in [0.717, 1.165) is 16.7 Å². The Balaban J connectivity index is 2.95. The lowest BCUT2D eigenvalue weighted by Crippen LogP contribution is -2.36. The van der Waals surface area contributed by atoms with E-state index in [4.69, 9.17) is 9.84 Å². The lowest BCUT2D eigenvalue weighted by atomic mass is 9.97. The fourth-order valence-corrected chi connectivity index (χ4v) is 2.08. The Morgan fingerprint density at radius 2 is 1.90 bits per heavy atom. The molecule has 1 amide bonds. The number of hydrogen-bond donors (Lipinski definition) is 2. The van der Waals surface area contributed by atoms with Crippen molar-refractivity contribution >= 4 is 12.1 Å². The molecule has 0 saturated carbocycles. The third-order valence-electron chi connectivity index (χ3n) is 2.87. The second-order valence-corrected chi connectivity index (χ2v) is 6.16. The number of carbonyl (C=O) groups is 2. The molecule has 1 rings (SSSR count). The third-order valence-corrected chi connectivity index (χ3v) is 2.87. The van der Waals surface area contributed by atoms with E-state index in [1.165, 1.54) is 0 Å². The quantitative estimate of drug-likeness (QED) is 0.892. The van der Waals surface area contributed by atoms with Crippen molar-refractivity contribution in [1.82, 2.24) is 5.32 Å².